The lowest BCUT2D eigenvalue weighted by atomic mass is 10.1. The fraction of sp³-hybridized carbons (Fsp3) is 0.480. The minimum absolute atomic E-state index is 0. The fourth-order valence-electron chi connectivity index (χ4n) is 4.02. The number of guanidine groups is 1. The Morgan fingerprint density at radius 1 is 0.970 bits per heavy atom. The molecule has 2 N–H and O–H groups in total. The predicted octanol–water partition coefficient (Wildman–Crippen LogP) is 3.24. The Morgan fingerprint density at radius 2 is 1.67 bits per heavy atom. The van der Waals surface area contributed by atoms with Gasteiger partial charge in [-0.15, -0.1) is 24.0 Å². The number of nitrogens with one attached hydrogen (secondary N) is 2. The molecule has 8 heteroatoms. The van der Waals surface area contributed by atoms with Crippen molar-refractivity contribution in [1.82, 2.24) is 15.5 Å². The third-order valence-electron chi connectivity index (χ3n) is 6.00. The van der Waals surface area contributed by atoms with Crippen LogP contribution in [-0.2, 0) is 6.42 Å². The Bertz CT molecular complexity index is 857. The van der Waals surface area contributed by atoms with E-state index in [9.17, 15) is 0 Å². The molecular weight excluding hydrogens is 529 g/mol. The standard InChI is InChI=1S/C25H37N5O2.HI/c1-20(29-14-16-30(17-15-29)22-8-6-5-7-9-22)19-28-25(26-2)27-13-12-21-10-11-23(31-3)24(18-21)32-4;/h5-11,18,20H,12-17,19H2,1-4H3,(H2,26,27,28);1H. The molecule has 3 rings (SSSR count). The summed E-state index contributed by atoms with van der Waals surface area (Å²) in [5, 5.41) is 6.89. The quantitative estimate of drug-likeness (QED) is 0.276. The summed E-state index contributed by atoms with van der Waals surface area (Å²) in [7, 11) is 5.13. The van der Waals surface area contributed by atoms with Gasteiger partial charge in [0, 0.05) is 58.0 Å². The summed E-state index contributed by atoms with van der Waals surface area (Å²) in [5.41, 5.74) is 2.51. The fourth-order valence-corrected chi connectivity index (χ4v) is 4.02. The van der Waals surface area contributed by atoms with Crippen LogP contribution >= 0.6 is 24.0 Å². The minimum Gasteiger partial charge on any atom is -0.493 e. The summed E-state index contributed by atoms with van der Waals surface area (Å²) in [6.45, 7) is 8.20. The molecule has 1 saturated heterocycles. The second-order valence-corrected chi connectivity index (χ2v) is 8.03. The summed E-state index contributed by atoms with van der Waals surface area (Å²) in [4.78, 5) is 9.38. The smallest absolute Gasteiger partial charge is 0.191 e. The van der Waals surface area contributed by atoms with Crippen molar-refractivity contribution in [2.24, 2.45) is 4.99 Å². The first-order valence-electron chi connectivity index (χ1n) is 11.3. The molecule has 0 aromatic heterocycles. The number of aliphatic imine (C=N–C) groups is 1. The van der Waals surface area contributed by atoms with Crippen molar-refractivity contribution in [3.05, 3.63) is 54.1 Å². The zero-order valence-electron chi connectivity index (χ0n) is 20.2. The van der Waals surface area contributed by atoms with Gasteiger partial charge in [0.2, 0.25) is 0 Å². The Kier molecular flexibility index (Phi) is 11.6. The van der Waals surface area contributed by atoms with E-state index in [1.54, 1.807) is 14.2 Å². The molecule has 1 heterocycles. The number of halogens is 1. The monoisotopic (exact) mass is 567 g/mol. The second-order valence-electron chi connectivity index (χ2n) is 8.03. The summed E-state index contributed by atoms with van der Waals surface area (Å²) in [6.07, 6.45) is 0.873. The van der Waals surface area contributed by atoms with Crippen LogP contribution in [0.4, 0.5) is 5.69 Å². The van der Waals surface area contributed by atoms with Gasteiger partial charge in [0.05, 0.1) is 14.2 Å². The van der Waals surface area contributed by atoms with Gasteiger partial charge >= 0.3 is 0 Å². The van der Waals surface area contributed by atoms with Crippen LogP contribution in [0.2, 0.25) is 0 Å². The largest absolute Gasteiger partial charge is 0.493 e. The van der Waals surface area contributed by atoms with Gasteiger partial charge in [-0.3, -0.25) is 9.89 Å². The highest BCUT2D eigenvalue weighted by atomic mass is 127. The number of piperazine rings is 1. The van der Waals surface area contributed by atoms with E-state index >= 15 is 0 Å². The van der Waals surface area contributed by atoms with Crippen LogP contribution in [0.15, 0.2) is 53.5 Å². The number of para-hydroxylation sites is 1. The number of rotatable bonds is 9. The maximum Gasteiger partial charge on any atom is 0.191 e. The van der Waals surface area contributed by atoms with Crippen LogP contribution in [0.1, 0.15) is 12.5 Å². The molecule has 2 aromatic carbocycles. The maximum absolute atomic E-state index is 5.39. The predicted molar refractivity (Wildman–Crippen MR) is 148 cm³/mol. The first-order chi connectivity index (χ1) is 15.6. The first kappa shape index (κ1) is 27.0. The topological polar surface area (TPSA) is 61.4 Å². The van der Waals surface area contributed by atoms with E-state index in [1.807, 2.05) is 19.2 Å². The molecule has 0 radical (unpaired) electrons. The van der Waals surface area contributed by atoms with Crippen LogP contribution in [0.5, 0.6) is 11.5 Å². The van der Waals surface area contributed by atoms with Gasteiger partial charge in [0.25, 0.3) is 0 Å². The maximum atomic E-state index is 5.39. The number of benzene rings is 2. The molecule has 1 unspecified atom stereocenters. The normalized spacial score (nSPS) is 15.4. The average Bonchev–Trinajstić information content (AvgIpc) is 2.86. The van der Waals surface area contributed by atoms with Crippen molar-refractivity contribution < 1.29 is 9.47 Å². The average molecular weight is 568 g/mol. The summed E-state index contributed by atoms with van der Waals surface area (Å²) >= 11 is 0. The molecule has 0 amide bonds. The minimum atomic E-state index is 0. The summed E-state index contributed by atoms with van der Waals surface area (Å²) in [6, 6.07) is 17.1. The molecule has 1 aliphatic rings. The van der Waals surface area contributed by atoms with Gasteiger partial charge in [-0.05, 0) is 43.2 Å². The Morgan fingerprint density at radius 3 is 2.30 bits per heavy atom. The van der Waals surface area contributed by atoms with Crippen LogP contribution in [0.25, 0.3) is 0 Å². The number of hydrogen-bond acceptors (Lipinski definition) is 5. The third kappa shape index (κ3) is 7.96. The molecule has 0 aliphatic carbocycles. The number of ether oxygens (including phenoxy) is 2. The van der Waals surface area contributed by atoms with Crippen LogP contribution in [0, 0.1) is 0 Å². The molecule has 1 atom stereocenters. The van der Waals surface area contributed by atoms with Crippen LogP contribution in [0.3, 0.4) is 0 Å². The lowest BCUT2D eigenvalue weighted by molar-refractivity contribution is 0.197. The SMILES string of the molecule is CN=C(NCCc1ccc(OC)c(OC)c1)NCC(C)N1CCN(c2ccccc2)CC1.I. The van der Waals surface area contributed by atoms with Gasteiger partial charge in [-0.2, -0.15) is 0 Å². The molecule has 0 saturated carbocycles. The zero-order chi connectivity index (χ0) is 22.8. The molecule has 33 heavy (non-hydrogen) atoms. The number of anilines is 1. The van der Waals surface area contributed by atoms with Gasteiger partial charge in [-0.25, -0.2) is 0 Å². The molecule has 0 spiro atoms. The van der Waals surface area contributed by atoms with Crippen molar-refractivity contribution in [3.63, 3.8) is 0 Å². The summed E-state index contributed by atoms with van der Waals surface area (Å²) < 4.78 is 10.7. The van der Waals surface area contributed by atoms with E-state index in [1.165, 1.54) is 11.3 Å². The number of hydrogen-bond donors (Lipinski definition) is 2. The Labute approximate surface area is 215 Å². The van der Waals surface area contributed by atoms with Gasteiger partial charge in [0.15, 0.2) is 17.5 Å². The Balaban J connectivity index is 0.00000385. The van der Waals surface area contributed by atoms with E-state index in [-0.39, 0.29) is 24.0 Å². The Hall–Kier alpha value is -2.20. The van der Waals surface area contributed by atoms with Crippen molar-refractivity contribution >= 4 is 35.6 Å². The lowest BCUT2D eigenvalue weighted by Gasteiger charge is -2.39. The molecule has 1 fully saturated rings. The first-order valence-corrected chi connectivity index (χ1v) is 11.3. The van der Waals surface area contributed by atoms with E-state index in [0.717, 1.165) is 63.1 Å². The zero-order valence-corrected chi connectivity index (χ0v) is 22.5. The van der Waals surface area contributed by atoms with Crippen molar-refractivity contribution in [2.45, 2.75) is 19.4 Å². The number of nitrogens with zero attached hydrogens (tertiary/aromatic N) is 3. The van der Waals surface area contributed by atoms with Crippen molar-refractivity contribution in [2.75, 3.05) is 65.4 Å². The molecular formula is C25H38IN5O2. The van der Waals surface area contributed by atoms with E-state index < -0.39 is 0 Å². The van der Waals surface area contributed by atoms with E-state index in [0.29, 0.717) is 6.04 Å². The third-order valence-corrected chi connectivity index (χ3v) is 6.00. The van der Waals surface area contributed by atoms with Crippen molar-refractivity contribution in [3.8, 4) is 11.5 Å². The van der Waals surface area contributed by atoms with Crippen LogP contribution in [-0.4, -0.2) is 77.4 Å². The molecule has 2 aromatic rings. The highest BCUT2D eigenvalue weighted by Gasteiger charge is 2.21. The van der Waals surface area contributed by atoms with E-state index in [4.69, 9.17) is 9.47 Å². The van der Waals surface area contributed by atoms with Crippen LogP contribution < -0.4 is 25.0 Å². The van der Waals surface area contributed by atoms with Gasteiger partial charge in [-0.1, -0.05) is 24.3 Å². The molecule has 182 valence electrons. The highest BCUT2D eigenvalue weighted by Crippen LogP contribution is 2.27. The molecule has 0 bridgehead atoms. The highest BCUT2D eigenvalue weighted by molar-refractivity contribution is 14.0. The molecule has 7 nitrogen and oxygen atoms in total. The lowest BCUT2D eigenvalue weighted by Crippen LogP contribution is -2.53. The van der Waals surface area contributed by atoms with Crippen molar-refractivity contribution in [1.29, 1.82) is 0 Å². The molecule has 1 aliphatic heterocycles. The van der Waals surface area contributed by atoms with E-state index in [2.05, 4.69) is 68.7 Å². The van der Waals surface area contributed by atoms with Gasteiger partial charge < -0.3 is 25.0 Å². The van der Waals surface area contributed by atoms with Gasteiger partial charge in [0.1, 0.15) is 0 Å². The second kappa shape index (κ2) is 14.1. The summed E-state index contributed by atoms with van der Waals surface area (Å²) in [5.74, 6) is 2.34. The number of methoxy groups -OCH3 is 2.